The zero-order valence-electron chi connectivity index (χ0n) is 3.63. The SMILES string of the molecule is O=C(O)CO.[NH3+][O-]. The highest BCUT2D eigenvalue weighted by molar-refractivity contribution is 5.67. The van der Waals surface area contributed by atoms with E-state index >= 15 is 0 Å². The second-order valence-corrected chi connectivity index (χ2v) is 0.552. The number of hydrogen-bond donors (Lipinski definition) is 3. The molecule has 0 rings (SSSR count). The summed E-state index contributed by atoms with van der Waals surface area (Å²) in [6, 6.07) is 0. The van der Waals surface area contributed by atoms with E-state index in [1.807, 2.05) is 5.90 Å². The van der Waals surface area contributed by atoms with Crippen LogP contribution in [0.5, 0.6) is 0 Å². The van der Waals surface area contributed by atoms with Crippen LogP contribution in [0.3, 0.4) is 0 Å². The van der Waals surface area contributed by atoms with Crippen LogP contribution in [0.25, 0.3) is 0 Å². The van der Waals surface area contributed by atoms with Crippen LogP contribution >= 0.6 is 0 Å². The monoisotopic (exact) mass is 109 g/mol. The highest BCUT2D eigenvalue weighted by atomic mass is 16.4. The van der Waals surface area contributed by atoms with E-state index in [4.69, 9.17) is 20.2 Å². The molecule has 44 valence electrons. The summed E-state index contributed by atoms with van der Waals surface area (Å²) < 4.78 is 0. The molecule has 0 saturated heterocycles. The summed E-state index contributed by atoms with van der Waals surface area (Å²) >= 11 is 0. The van der Waals surface area contributed by atoms with E-state index in [1.54, 1.807) is 0 Å². The number of aliphatic hydroxyl groups is 1. The summed E-state index contributed by atoms with van der Waals surface area (Å²) in [7, 11) is 0. The molecule has 0 aliphatic rings. The lowest BCUT2D eigenvalue weighted by Crippen LogP contribution is -2.37. The molecule has 0 bridgehead atoms. The van der Waals surface area contributed by atoms with Gasteiger partial charge in [0.15, 0.2) is 0 Å². The predicted octanol–water partition coefficient (Wildman–Crippen LogP) is -2.21. The first kappa shape index (κ1) is 9.61. The maximum atomic E-state index is 9.12. The first-order chi connectivity index (χ1) is 3.27. The van der Waals surface area contributed by atoms with Gasteiger partial charge in [0.2, 0.25) is 0 Å². The second-order valence-electron chi connectivity index (χ2n) is 0.552. The predicted molar refractivity (Wildman–Crippen MR) is 21.0 cm³/mol. The van der Waals surface area contributed by atoms with E-state index in [2.05, 4.69) is 0 Å². The summed E-state index contributed by atoms with van der Waals surface area (Å²) in [5.74, 6) is 0.810. The first-order valence-electron chi connectivity index (χ1n) is 1.39. The normalized spacial score (nSPS) is 6.14. The van der Waals surface area contributed by atoms with Gasteiger partial charge in [0, 0.05) is 0 Å². The van der Waals surface area contributed by atoms with Gasteiger partial charge in [0.25, 0.3) is 0 Å². The lowest BCUT2D eigenvalue weighted by Gasteiger charge is -1.72. The van der Waals surface area contributed by atoms with Gasteiger partial charge in [0.1, 0.15) is 6.61 Å². The van der Waals surface area contributed by atoms with Gasteiger partial charge in [0.05, 0.1) is 0 Å². The van der Waals surface area contributed by atoms with Gasteiger partial charge in [-0.05, 0) is 0 Å². The van der Waals surface area contributed by atoms with Crippen molar-refractivity contribution in [2.45, 2.75) is 0 Å². The number of rotatable bonds is 1. The Morgan fingerprint density at radius 2 is 1.86 bits per heavy atom. The molecule has 0 radical (unpaired) electrons. The van der Waals surface area contributed by atoms with Crippen molar-refractivity contribution in [2.75, 3.05) is 6.61 Å². The Bertz CT molecular complexity index is 45.0. The summed E-state index contributed by atoms with van der Waals surface area (Å²) in [6.45, 7) is -0.778. The highest BCUT2D eigenvalue weighted by Gasteiger charge is 1.82. The third kappa shape index (κ3) is 32.9. The number of aliphatic hydroxyl groups excluding tert-OH is 1. The molecule has 5 N–H and O–H groups in total. The lowest BCUT2D eigenvalue weighted by molar-refractivity contribution is -0.275. The zero-order chi connectivity index (χ0) is 6.28. The third-order valence-electron chi connectivity index (χ3n) is 0.135. The fourth-order valence-electron chi connectivity index (χ4n) is 0. The van der Waals surface area contributed by atoms with Crippen LogP contribution in [0.1, 0.15) is 0 Å². The van der Waals surface area contributed by atoms with Crippen LogP contribution in [0.4, 0.5) is 0 Å². The minimum Gasteiger partial charge on any atom is -0.637 e. The van der Waals surface area contributed by atoms with Crippen molar-refractivity contribution in [1.82, 2.24) is 0 Å². The number of carboxylic acids is 1. The Morgan fingerprint density at radius 1 is 1.71 bits per heavy atom. The van der Waals surface area contributed by atoms with Gasteiger partial charge in [-0.15, -0.1) is 0 Å². The Kier molecular flexibility index (Phi) is 12.4. The van der Waals surface area contributed by atoms with Crippen molar-refractivity contribution in [1.29, 1.82) is 0 Å². The van der Waals surface area contributed by atoms with E-state index in [9.17, 15) is 0 Å². The molecule has 0 spiro atoms. The molecule has 0 aromatic rings. The molecule has 0 aliphatic heterocycles. The van der Waals surface area contributed by atoms with Crippen molar-refractivity contribution in [3.05, 3.63) is 5.21 Å². The Hall–Kier alpha value is -0.650. The smallest absolute Gasteiger partial charge is 0.329 e. The number of carbonyl (C=O) groups is 1. The summed E-state index contributed by atoms with van der Waals surface area (Å²) in [5.41, 5.74) is 0. The molecule has 0 saturated carbocycles. The molecule has 0 aromatic heterocycles. The van der Waals surface area contributed by atoms with E-state index in [0.717, 1.165) is 0 Å². The first-order valence-corrected chi connectivity index (χ1v) is 1.39. The third-order valence-corrected chi connectivity index (χ3v) is 0.135. The van der Waals surface area contributed by atoms with Gasteiger partial charge in [-0.25, -0.2) is 4.79 Å². The average Bonchev–Trinajstić information content (AvgIpc) is 1.73. The van der Waals surface area contributed by atoms with Crippen LogP contribution in [-0.4, -0.2) is 22.8 Å². The summed E-state index contributed by atoms with van der Waals surface area (Å²) in [5, 5.41) is 23.0. The van der Waals surface area contributed by atoms with Crippen molar-refractivity contribution >= 4 is 5.97 Å². The maximum Gasteiger partial charge on any atom is 0.329 e. The van der Waals surface area contributed by atoms with Crippen LogP contribution in [0.15, 0.2) is 0 Å². The van der Waals surface area contributed by atoms with Crippen molar-refractivity contribution < 1.29 is 20.9 Å². The van der Waals surface area contributed by atoms with Gasteiger partial charge in [-0.2, -0.15) is 0 Å². The fourth-order valence-corrected chi connectivity index (χ4v) is 0. The largest absolute Gasteiger partial charge is 0.637 e. The number of hydrogen-bond acceptors (Lipinski definition) is 3. The fraction of sp³-hybridized carbons (Fsp3) is 0.500. The Balaban J connectivity index is 0. The van der Waals surface area contributed by atoms with Crippen molar-refractivity contribution in [2.24, 2.45) is 0 Å². The molecule has 7 heavy (non-hydrogen) atoms. The molecule has 0 amide bonds. The average molecular weight is 109 g/mol. The van der Waals surface area contributed by atoms with Crippen LogP contribution in [-0.2, 0) is 4.79 Å². The zero-order valence-corrected chi connectivity index (χ0v) is 3.63. The van der Waals surface area contributed by atoms with E-state index < -0.39 is 12.6 Å². The molecule has 0 fully saturated rings. The minimum absolute atomic E-state index is 0.778. The molecule has 5 nitrogen and oxygen atoms in total. The van der Waals surface area contributed by atoms with Gasteiger partial charge in [-0.3, -0.25) is 0 Å². The highest BCUT2D eigenvalue weighted by Crippen LogP contribution is 1.48. The van der Waals surface area contributed by atoms with Crippen LogP contribution in [0.2, 0.25) is 0 Å². The van der Waals surface area contributed by atoms with Gasteiger partial charge in [-0.1, -0.05) is 0 Å². The van der Waals surface area contributed by atoms with Gasteiger partial charge >= 0.3 is 5.97 Å². The van der Waals surface area contributed by atoms with Crippen molar-refractivity contribution in [3.63, 3.8) is 0 Å². The number of carboxylic acid groups (broad SMARTS) is 1. The van der Waals surface area contributed by atoms with Gasteiger partial charge < -0.3 is 21.3 Å². The van der Waals surface area contributed by atoms with E-state index in [1.165, 1.54) is 0 Å². The topological polar surface area (TPSA) is 108 Å². The lowest BCUT2D eigenvalue weighted by atomic mass is 10.8. The minimum atomic E-state index is -1.19. The van der Waals surface area contributed by atoms with Crippen LogP contribution in [0, 0.1) is 5.21 Å². The molecule has 0 unspecified atom stereocenters. The summed E-state index contributed by atoms with van der Waals surface area (Å²) in [4.78, 5) is 9.12. The molecule has 0 aromatic carbocycles. The molecular formula is C2H7NO4. The van der Waals surface area contributed by atoms with E-state index in [0.29, 0.717) is 0 Å². The maximum absolute atomic E-state index is 9.12. The van der Waals surface area contributed by atoms with E-state index in [-0.39, 0.29) is 0 Å². The quantitative estimate of drug-likeness (QED) is 0.331. The summed E-state index contributed by atoms with van der Waals surface area (Å²) in [6.07, 6.45) is 0. The number of quaternary nitrogens is 1. The second kappa shape index (κ2) is 9.02. The molecule has 5 heteroatoms. The van der Waals surface area contributed by atoms with Crippen molar-refractivity contribution in [3.8, 4) is 0 Å². The molecule has 0 aliphatic carbocycles. The Morgan fingerprint density at radius 3 is 1.86 bits per heavy atom. The van der Waals surface area contributed by atoms with Crippen LogP contribution < -0.4 is 5.90 Å². The molecule has 0 atom stereocenters. The molecular weight excluding hydrogens is 102 g/mol. The standard InChI is InChI=1S/C2H4O3.H3NO/c3-1-2(4)5;1-2/h3H,1H2,(H,4,5);1H3. The number of aliphatic carboxylic acids is 1. The molecule has 0 heterocycles. The Labute approximate surface area is 39.9 Å².